The molecule has 112 valence electrons. The molecule has 0 aliphatic rings. The highest BCUT2D eigenvalue weighted by molar-refractivity contribution is 5.44. The van der Waals surface area contributed by atoms with E-state index in [4.69, 9.17) is 9.47 Å². The highest BCUT2D eigenvalue weighted by Gasteiger charge is 2.13. The van der Waals surface area contributed by atoms with E-state index in [-0.39, 0.29) is 12.1 Å². The SMILES string of the molecule is CNC(C)c1ccc(OC(C)c2ccccc2)c(OC)c1. The van der Waals surface area contributed by atoms with Crippen LogP contribution in [0.15, 0.2) is 48.5 Å². The van der Waals surface area contributed by atoms with Crippen LogP contribution in [0.4, 0.5) is 0 Å². The minimum absolute atomic E-state index is 0.0207. The molecule has 0 amide bonds. The molecule has 0 aliphatic carbocycles. The molecular weight excluding hydrogens is 262 g/mol. The summed E-state index contributed by atoms with van der Waals surface area (Å²) in [5.74, 6) is 1.53. The highest BCUT2D eigenvalue weighted by atomic mass is 16.5. The standard InChI is InChI=1S/C18H23NO2/c1-13(19-3)16-10-11-17(18(12-16)20-4)21-14(2)15-8-6-5-7-9-15/h5-14,19H,1-4H3. The molecule has 0 heterocycles. The Balaban J connectivity index is 2.20. The molecule has 2 aromatic carbocycles. The van der Waals surface area contributed by atoms with E-state index in [1.165, 1.54) is 5.56 Å². The van der Waals surface area contributed by atoms with Crippen LogP contribution in [-0.4, -0.2) is 14.2 Å². The van der Waals surface area contributed by atoms with Crippen LogP contribution in [0, 0.1) is 0 Å². The number of nitrogens with one attached hydrogen (secondary N) is 1. The van der Waals surface area contributed by atoms with Gasteiger partial charge in [-0.05, 0) is 44.2 Å². The molecule has 3 nitrogen and oxygen atoms in total. The zero-order valence-corrected chi connectivity index (χ0v) is 13.1. The van der Waals surface area contributed by atoms with E-state index >= 15 is 0 Å². The molecule has 0 fully saturated rings. The van der Waals surface area contributed by atoms with Gasteiger partial charge in [-0.3, -0.25) is 0 Å². The van der Waals surface area contributed by atoms with Crippen molar-refractivity contribution in [1.29, 1.82) is 0 Å². The van der Waals surface area contributed by atoms with Gasteiger partial charge in [-0.15, -0.1) is 0 Å². The molecule has 0 radical (unpaired) electrons. The van der Waals surface area contributed by atoms with Gasteiger partial charge < -0.3 is 14.8 Å². The molecule has 1 N–H and O–H groups in total. The molecule has 0 spiro atoms. The van der Waals surface area contributed by atoms with E-state index < -0.39 is 0 Å². The van der Waals surface area contributed by atoms with Crippen LogP contribution >= 0.6 is 0 Å². The summed E-state index contributed by atoms with van der Waals surface area (Å²) in [6.45, 7) is 4.15. The minimum Gasteiger partial charge on any atom is -0.493 e. The maximum absolute atomic E-state index is 6.05. The second-order valence-corrected chi connectivity index (χ2v) is 5.09. The van der Waals surface area contributed by atoms with Gasteiger partial charge >= 0.3 is 0 Å². The Bertz CT molecular complexity index is 569. The van der Waals surface area contributed by atoms with E-state index in [0.717, 1.165) is 17.1 Å². The van der Waals surface area contributed by atoms with Crippen LogP contribution in [-0.2, 0) is 0 Å². The maximum atomic E-state index is 6.05. The molecule has 0 aliphatic heterocycles. The van der Waals surface area contributed by atoms with Crippen molar-refractivity contribution in [2.45, 2.75) is 26.0 Å². The largest absolute Gasteiger partial charge is 0.493 e. The predicted octanol–water partition coefficient (Wildman–Crippen LogP) is 4.12. The fourth-order valence-corrected chi connectivity index (χ4v) is 2.20. The lowest BCUT2D eigenvalue weighted by atomic mass is 10.1. The van der Waals surface area contributed by atoms with Gasteiger partial charge in [0, 0.05) is 6.04 Å². The summed E-state index contributed by atoms with van der Waals surface area (Å²) in [6, 6.07) is 16.5. The molecule has 2 unspecified atom stereocenters. The topological polar surface area (TPSA) is 30.5 Å². The Morgan fingerprint density at radius 2 is 1.62 bits per heavy atom. The zero-order chi connectivity index (χ0) is 15.2. The maximum Gasteiger partial charge on any atom is 0.162 e. The van der Waals surface area contributed by atoms with Gasteiger partial charge in [0.15, 0.2) is 11.5 Å². The molecule has 2 atom stereocenters. The molecule has 0 aromatic heterocycles. The van der Waals surface area contributed by atoms with E-state index in [0.29, 0.717) is 0 Å². The van der Waals surface area contributed by atoms with Gasteiger partial charge in [0.25, 0.3) is 0 Å². The quantitative estimate of drug-likeness (QED) is 0.866. The molecule has 0 saturated carbocycles. The third kappa shape index (κ3) is 3.76. The first-order chi connectivity index (χ1) is 10.2. The Labute approximate surface area is 126 Å². The van der Waals surface area contributed by atoms with Gasteiger partial charge in [-0.1, -0.05) is 36.4 Å². The summed E-state index contributed by atoms with van der Waals surface area (Å²) in [5.41, 5.74) is 2.32. The molecular formula is C18H23NO2. The Kier molecular flexibility index (Phi) is 5.23. The molecule has 2 rings (SSSR count). The molecule has 2 aromatic rings. The van der Waals surface area contributed by atoms with Gasteiger partial charge in [0.2, 0.25) is 0 Å². The third-order valence-electron chi connectivity index (χ3n) is 3.69. The van der Waals surface area contributed by atoms with Crippen molar-refractivity contribution in [2.24, 2.45) is 0 Å². The lowest BCUT2D eigenvalue weighted by Gasteiger charge is -2.19. The Morgan fingerprint density at radius 3 is 2.24 bits per heavy atom. The van der Waals surface area contributed by atoms with Crippen molar-refractivity contribution in [2.75, 3.05) is 14.2 Å². The average Bonchev–Trinajstić information content (AvgIpc) is 2.55. The van der Waals surface area contributed by atoms with Crippen molar-refractivity contribution in [3.63, 3.8) is 0 Å². The number of hydrogen-bond donors (Lipinski definition) is 1. The Hall–Kier alpha value is -2.00. The summed E-state index contributed by atoms with van der Waals surface area (Å²) in [4.78, 5) is 0. The third-order valence-corrected chi connectivity index (χ3v) is 3.69. The number of benzene rings is 2. The molecule has 21 heavy (non-hydrogen) atoms. The highest BCUT2D eigenvalue weighted by Crippen LogP contribution is 2.33. The van der Waals surface area contributed by atoms with Crippen LogP contribution < -0.4 is 14.8 Å². The van der Waals surface area contributed by atoms with Crippen LogP contribution in [0.2, 0.25) is 0 Å². The van der Waals surface area contributed by atoms with Gasteiger partial charge in [0.05, 0.1) is 7.11 Å². The zero-order valence-electron chi connectivity index (χ0n) is 13.1. The van der Waals surface area contributed by atoms with Crippen LogP contribution in [0.5, 0.6) is 11.5 Å². The van der Waals surface area contributed by atoms with Crippen molar-refractivity contribution in [3.8, 4) is 11.5 Å². The molecule has 3 heteroatoms. The smallest absolute Gasteiger partial charge is 0.162 e. The van der Waals surface area contributed by atoms with Crippen LogP contribution in [0.25, 0.3) is 0 Å². The second kappa shape index (κ2) is 7.14. The first-order valence-electron chi connectivity index (χ1n) is 7.22. The van der Waals surface area contributed by atoms with Gasteiger partial charge in [0.1, 0.15) is 6.10 Å². The Morgan fingerprint density at radius 1 is 0.905 bits per heavy atom. The van der Waals surface area contributed by atoms with Gasteiger partial charge in [-0.25, -0.2) is 0 Å². The fourth-order valence-electron chi connectivity index (χ4n) is 2.20. The van der Waals surface area contributed by atoms with E-state index in [1.807, 2.05) is 44.3 Å². The predicted molar refractivity (Wildman–Crippen MR) is 86.0 cm³/mol. The van der Waals surface area contributed by atoms with Crippen LogP contribution in [0.3, 0.4) is 0 Å². The number of methoxy groups -OCH3 is 1. The van der Waals surface area contributed by atoms with Crippen molar-refractivity contribution < 1.29 is 9.47 Å². The lowest BCUT2D eigenvalue weighted by molar-refractivity contribution is 0.216. The number of hydrogen-bond acceptors (Lipinski definition) is 3. The summed E-state index contributed by atoms with van der Waals surface area (Å²) < 4.78 is 11.5. The fraction of sp³-hybridized carbons (Fsp3) is 0.333. The first-order valence-corrected chi connectivity index (χ1v) is 7.22. The number of ether oxygens (including phenoxy) is 2. The monoisotopic (exact) mass is 285 g/mol. The minimum atomic E-state index is -0.0207. The van der Waals surface area contributed by atoms with Crippen molar-refractivity contribution in [3.05, 3.63) is 59.7 Å². The van der Waals surface area contributed by atoms with Gasteiger partial charge in [-0.2, -0.15) is 0 Å². The summed E-state index contributed by atoms with van der Waals surface area (Å²) >= 11 is 0. The lowest BCUT2D eigenvalue weighted by Crippen LogP contribution is -2.12. The normalized spacial score (nSPS) is 13.5. The van der Waals surface area contributed by atoms with E-state index in [1.54, 1.807) is 7.11 Å². The first kappa shape index (κ1) is 15.4. The summed E-state index contributed by atoms with van der Waals surface area (Å²) in [6.07, 6.45) is -0.0207. The number of rotatable bonds is 6. The average molecular weight is 285 g/mol. The second-order valence-electron chi connectivity index (χ2n) is 5.09. The van der Waals surface area contributed by atoms with Crippen molar-refractivity contribution >= 4 is 0 Å². The summed E-state index contributed by atoms with van der Waals surface area (Å²) in [7, 11) is 3.61. The molecule has 0 bridgehead atoms. The van der Waals surface area contributed by atoms with Crippen molar-refractivity contribution in [1.82, 2.24) is 5.32 Å². The summed E-state index contributed by atoms with van der Waals surface area (Å²) in [5, 5.41) is 3.22. The van der Waals surface area contributed by atoms with Crippen LogP contribution in [0.1, 0.15) is 37.1 Å². The van der Waals surface area contributed by atoms with E-state index in [2.05, 4.69) is 30.4 Å². The molecule has 0 saturated heterocycles. The van der Waals surface area contributed by atoms with E-state index in [9.17, 15) is 0 Å².